The van der Waals surface area contributed by atoms with E-state index in [4.69, 9.17) is 5.11 Å². The van der Waals surface area contributed by atoms with Gasteiger partial charge in [-0.25, -0.2) is 0 Å². The Bertz CT molecular complexity index is 126. The normalized spacial score (nSPS) is 10.6. The zero-order valence-corrected chi connectivity index (χ0v) is 8.05. The van der Waals surface area contributed by atoms with Gasteiger partial charge >= 0.3 is 5.97 Å². The minimum atomic E-state index is -0.692. The first kappa shape index (κ1) is 11.4. The van der Waals surface area contributed by atoms with Crippen molar-refractivity contribution in [2.24, 2.45) is 0 Å². The molecule has 0 rings (SSSR count). The number of hydrogen-bond acceptors (Lipinski definition) is 2. The first-order valence-electron chi connectivity index (χ1n) is 4.64. The maximum atomic E-state index is 10.2. The molecule has 0 aliphatic heterocycles. The first-order valence-corrected chi connectivity index (χ1v) is 4.64. The Balaban J connectivity index is 3.37. The van der Waals surface area contributed by atoms with E-state index in [2.05, 4.69) is 18.7 Å². The van der Waals surface area contributed by atoms with Gasteiger partial charge < -0.3 is 10.0 Å². The molecule has 0 heterocycles. The summed E-state index contributed by atoms with van der Waals surface area (Å²) in [5, 5.41) is 8.41. The fraction of sp³-hybridized carbons (Fsp3) is 0.889. The van der Waals surface area contributed by atoms with Gasteiger partial charge in [-0.15, -0.1) is 0 Å². The lowest BCUT2D eigenvalue weighted by Crippen LogP contribution is -2.25. The van der Waals surface area contributed by atoms with Crippen LogP contribution in [0.2, 0.25) is 0 Å². The van der Waals surface area contributed by atoms with Gasteiger partial charge in [0.1, 0.15) is 0 Å². The van der Waals surface area contributed by atoms with Crippen LogP contribution in [-0.2, 0) is 4.79 Å². The van der Waals surface area contributed by atoms with Gasteiger partial charge in [0.25, 0.3) is 0 Å². The van der Waals surface area contributed by atoms with Crippen molar-refractivity contribution in [3.05, 3.63) is 0 Å². The van der Waals surface area contributed by atoms with E-state index in [1.807, 2.05) is 0 Å². The van der Waals surface area contributed by atoms with E-state index < -0.39 is 5.97 Å². The molecular formula is C9H19NO2. The maximum absolute atomic E-state index is 10.2. The highest BCUT2D eigenvalue weighted by atomic mass is 16.4. The second kappa shape index (κ2) is 7.10. The Kier molecular flexibility index (Phi) is 6.76. The molecule has 0 fully saturated rings. The average molecular weight is 173 g/mol. The van der Waals surface area contributed by atoms with Gasteiger partial charge in [-0.3, -0.25) is 4.79 Å². The summed E-state index contributed by atoms with van der Waals surface area (Å²) in [6, 6.07) is 0. The molecular weight excluding hydrogens is 154 g/mol. The lowest BCUT2D eigenvalue weighted by Gasteiger charge is -2.18. The second-order valence-electron chi connectivity index (χ2n) is 2.93. The van der Waals surface area contributed by atoms with Gasteiger partial charge in [-0.05, 0) is 32.5 Å². The smallest absolute Gasteiger partial charge is 0.303 e. The van der Waals surface area contributed by atoms with E-state index in [0.29, 0.717) is 6.42 Å². The van der Waals surface area contributed by atoms with Gasteiger partial charge in [0.15, 0.2) is 0 Å². The SMILES string of the molecule is CCCN(CC)CCCC(=O)O. The molecule has 3 heteroatoms. The molecule has 3 nitrogen and oxygen atoms in total. The van der Waals surface area contributed by atoms with E-state index in [-0.39, 0.29) is 0 Å². The number of carbonyl (C=O) groups is 1. The predicted molar refractivity (Wildman–Crippen MR) is 49.3 cm³/mol. The van der Waals surface area contributed by atoms with Crippen LogP contribution < -0.4 is 0 Å². The highest BCUT2D eigenvalue weighted by Crippen LogP contribution is 1.96. The number of nitrogens with zero attached hydrogens (tertiary/aromatic N) is 1. The zero-order chi connectivity index (χ0) is 9.40. The summed E-state index contributed by atoms with van der Waals surface area (Å²) in [7, 11) is 0. The van der Waals surface area contributed by atoms with Crippen LogP contribution in [0.1, 0.15) is 33.1 Å². The van der Waals surface area contributed by atoms with Crippen LogP contribution in [0.5, 0.6) is 0 Å². The topological polar surface area (TPSA) is 40.5 Å². The molecule has 0 amide bonds. The standard InChI is InChI=1S/C9H19NO2/c1-3-7-10(4-2)8-5-6-9(11)12/h3-8H2,1-2H3,(H,11,12). The summed E-state index contributed by atoms with van der Waals surface area (Å²) in [6.07, 6.45) is 2.20. The Hall–Kier alpha value is -0.570. The van der Waals surface area contributed by atoms with Crippen LogP contribution in [0.4, 0.5) is 0 Å². The number of rotatable bonds is 7. The quantitative estimate of drug-likeness (QED) is 0.635. The highest BCUT2D eigenvalue weighted by molar-refractivity contribution is 5.66. The Morgan fingerprint density at radius 1 is 1.33 bits per heavy atom. The third-order valence-electron chi connectivity index (χ3n) is 1.85. The van der Waals surface area contributed by atoms with Crippen molar-refractivity contribution >= 4 is 5.97 Å². The van der Waals surface area contributed by atoms with Crippen molar-refractivity contribution in [3.8, 4) is 0 Å². The molecule has 0 atom stereocenters. The lowest BCUT2D eigenvalue weighted by molar-refractivity contribution is -0.137. The molecule has 72 valence electrons. The summed E-state index contributed by atoms with van der Waals surface area (Å²) in [4.78, 5) is 12.5. The minimum absolute atomic E-state index is 0.292. The lowest BCUT2D eigenvalue weighted by atomic mass is 10.3. The molecule has 0 radical (unpaired) electrons. The number of hydrogen-bond donors (Lipinski definition) is 1. The molecule has 0 saturated carbocycles. The summed E-state index contributed by atoms with van der Waals surface area (Å²) in [6.45, 7) is 7.26. The Morgan fingerprint density at radius 2 is 2.00 bits per heavy atom. The predicted octanol–water partition coefficient (Wildman–Crippen LogP) is 1.58. The van der Waals surface area contributed by atoms with Gasteiger partial charge in [0.2, 0.25) is 0 Å². The summed E-state index contributed by atoms with van der Waals surface area (Å²) < 4.78 is 0. The van der Waals surface area contributed by atoms with Gasteiger partial charge in [0.05, 0.1) is 0 Å². The average Bonchev–Trinajstić information content (AvgIpc) is 2.02. The third-order valence-corrected chi connectivity index (χ3v) is 1.85. The number of aliphatic carboxylic acids is 1. The monoisotopic (exact) mass is 173 g/mol. The van der Waals surface area contributed by atoms with Crippen molar-refractivity contribution in [1.82, 2.24) is 4.90 Å². The molecule has 0 saturated heterocycles. The van der Waals surface area contributed by atoms with Crippen molar-refractivity contribution < 1.29 is 9.90 Å². The van der Waals surface area contributed by atoms with Gasteiger partial charge in [0, 0.05) is 6.42 Å². The fourth-order valence-electron chi connectivity index (χ4n) is 1.20. The van der Waals surface area contributed by atoms with E-state index >= 15 is 0 Å². The van der Waals surface area contributed by atoms with Crippen LogP contribution in [0.25, 0.3) is 0 Å². The molecule has 0 bridgehead atoms. The largest absolute Gasteiger partial charge is 0.481 e. The Labute approximate surface area is 74.4 Å². The molecule has 1 N–H and O–H groups in total. The summed E-state index contributed by atoms with van der Waals surface area (Å²) in [5.41, 5.74) is 0. The molecule has 0 aromatic rings. The zero-order valence-electron chi connectivity index (χ0n) is 8.05. The van der Waals surface area contributed by atoms with Gasteiger partial charge in [-0.1, -0.05) is 13.8 Å². The third kappa shape index (κ3) is 6.16. The first-order chi connectivity index (χ1) is 5.70. The molecule has 0 aliphatic rings. The van der Waals surface area contributed by atoms with Crippen LogP contribution in [0.15, 0.2) is 0 Å². The van der Waals surface area contributed by atoms with E-state index in [0.717, 1.165) is 32.5 Å². The number of carboxylic acid groups (broad SMARTS) is 1. The highest BCUT2D eigenvalue weighted by Gasteiger charge is 2.01. The van der Waals surface area contributed by atoms with Crippen molar-refractivity contribution in [2.75, 3.05) is 19.6 Å². The molecule has 0 aliphatic carbocycles. The molecule has 0 aromatic carbocycles. The minimum Gasteiger partial charge on any atom is -0.481 e. The van der Waals surface area contributed by atoms with Crippen molar-refractivity contribution in [1.29, 1.82) is 0 Å². The van der Waals surface area contributed by atoms with Crippen LogP contribution >= 0.6 is 0 Å². The van der Waals surface area contributed by atoms with Gasteiger partial charge in [-0.2, -0.15) is 0 Å². The Morgan fingerprint density at radius 3 is 2.42 bits per heavy atom. The second-order valence-corrected chi connectivity index (χ2v) is 2.93. The van der Waals surface area contributed by atoms with Crippen LogP contribution in [-0.4, -0.2) is 35.6 Å². The molecule has 12 heavy (non-hydrogen) atoms. The van der Waals surface area contributed by atoms with Crippen molar-refractivity contribution in [3.63, 3.8) is 0 Å². The van der Waals surface area contributed by atoms with Crippen LogP contribution in [0.3, 0.4) is 0 Å². The molecule has 0 spiro atoms. The maximum Gasteiger partial charge on any atom is 0.303 e. The van der Waals surface area contributed by atoms with Crippen molar-refractivity contribution in [2.45, 2.75) is 33.1 Å². The fourth-order valence-corrected chi connectivity index (χ4v) is 1.20. The summed E-state index contributed by atoms with van der Waals surface area (Å²) in [5.74, 6) is -0.692. The summed E-state index contributed by atoms with van der Waals surface area (Å²) >= 11 is 0. The van der Waals surface area contributed by atoms with E-state index in [9.17, 15) is 4.79 Å². The molecule has 0 aromatic heterocycles. The number of carboxylic acids is 1. The van der Waals surface area contributed by atoms with Crippen LogP contribution in [0, 0.1) is 0 Å². The van der Waals surface area contributed by atoms with E-state index in [1.54, 1.807) is 0 Å². The molecule has 0 unspecified atom stereocenters. The van der Waals surface area contributed by atoms with E-state index in [1.165, 1.54) is 0 Å².